The van der Waals surface area contributed by atoms with E-state index in [0.717, 1.165) is 28.4 Å². The zero-order valence-electron chi connectivity index (χ0n) is 18.7. The van der Waals surface area contributed by atoms with Gasteiger partial charge in [-0.15, -0.1) is 0 Å². The number of hydrogen-bond acceptors (Lipinski definition) is 6. The van der Waals surface area contributed by atoms with Crippen LogP contribution in [-0.4, -0.2) is 38.0 Å². The highest BCUT2D eigenvalue weighted by atomic mass is 32.1. The number of amides is 2. The van der Waals surface area contributed by atoms with Crippen LogP contribution in [0, 0.1) is 11.3 Å². The summed E-state index contributed by atoms with van der Waals surface area (Å²) in [6.07, 6.45) is 1.73. The largest absolute Gasteiger partial charge is 0.325 e. The van der Waals surface area contributed by atoms with Crippen LogP contribution in [0.25, 0.3) is 11.0 Å². The molecule has 8 heteroatoms. The van der Waals surface area contributed by atoms with Crippen molar-refractivity contribution in [1.82, 2.24) is 13.6 Å². The van der Waals surface area contributed by atoms with E-state index in [4.69, 9.17) is 0 Å². The molecule has 0 radical (unpaired) electrons. The maximum atomic E-state index is 14.0. The highest BCUT2D eigenvalue weighted by Gasteiger charge is 2.40. The second-order valence-corrected chi connectivity index (χ2v) is 8.83. The van der Waals surface area contributed by atoms with E-state index in [2.05, 4.69) is 14.1 Å². The smallest absolute Gasteiger partial charge is 0.247 e. The third-order valence-corrected chi connectivity index (χ3v) is 6.66. The molecule has 0 aliphatic carbocycles. The molecule has 0 spiro atoms. The van der Waals surface area contributed by atoms with Gasteiger partial charge in [-0.3, -0.25) is 9.59 Å². The van der Waals surface area contributed by atoms with E-state index in [1.54, 1.807) is 17.0 Å². The minimum Gasteiger partial charge on any atom is -0.325 e. The van der Waals surface area contributed by atoms with Gasteiger partial charge in [0.1, 0.15) is 17.1 Å². The minimum absolute atomic E-state index is 0.183. The Morgan fingerprint density at radius 3 is 2.34 bits per heavy atom. The molecular weight excluding hydrogens is 458 g/mol. The zero-order valence-corrected chi connectivity index (χ0v) is 19.5. The topological polar surface area (TPSA) is 99.0 Å². The van der Waals surface area contributed by atoms with Gasteiger partial charge in [0.25, 0.3) is 0 Å². The Balaban J connectivity index is 1.49. The predicted octanol–water partition coefficient (Wildman–Crippen LogP) is 4.51. The molecule has 35 heavy (non-hydrogen) atoms. The minimum atomic E-state index is -0.751. The lowest BCUT2D eigenvalue weighted by molar-refractivity contribution is -0.137. The first kappa shape index (κ1) is 22.4. The highest BCUT2D eigenvalue weighted by molar-refractivity contribution is 7.00. The van der Waals surface area contributed by atoms with Crippen LogP contribution < -0.4 is 5.32 Å². The first-order valence-electron chi connectivity index (χ1n) is 11.2. The Kier molecular flexibility index (Phi) is 6.33. The van der Waals surface area contributed by atoms with Crippen LogP contribution in [0.1, 0.15) is 23.5 Å². The number of benzene rings is 3. The summed E-state index contributed by atoms with van der Waals surface area (Å²) < 4.78 is 8.51. The number of anilines is 1. The van der Waals surface area contributed by atoms with E-state index >= 15 is 0 Å². The van der Waals surface area contributed by atoms with Gasteiger partial charge in [-0.25, -0.2) is 0 Å². The molecule has 172 valence electrons. The van der Waals surface area contributed by atoms with Crippen LogP contribution >= 0.6 is 11.7 Å². The highest BCUT2D eigenvalue weighted by Crippen LogP contribution is 2.33. The third-order valence-electron chi connectivity index (χ3n) is 6.12. The van der Waals surface area contributed by atoms with Gasteiger partial charge in [0, 0.05) is 19.0 Å². The second-order valence-electron chi connectivity index (χ2n) is 8.30. The van der Waals surface area contributed by atoms with Crippen LogP contribution in [-0.2, 0) is 9.59 Å². The van der Waals surface area contributed by atoms with E-state index in [1.165, 1.54) is 6.08 Å². The molecule has 2 amide bonds. The van der Waals surface area contributed by atoms with Crippen molar-refractivity contribution in [1.29, 1.82) is 5.26 Å². The van der Waals surface area contributed by atoms with Crippen LogP contribution in [0.3, 0.4) is 0 Å². The maximum Gasteiger partial charge on any atom is 0.247 e. The summed E-state index contributed by atoms with van der Waals surface area (Å²) in [7, 11) is 0. The fraction of sp³-hybridized carbons (Fsp3) is 0.148. The fourth-order valence-corrected chi connectivity index (χ4v) is 5.02. The number of fused-ring (bicyclic) bond motifs is 1. The van der Waals surface area contributed by atoms with Crippen molar-refractivity contribution in [3.8, 4) is 6.07 Å². The van der Waals surface area contributed by atoms with Crippen LogP contribution in [0.5, 0.6) is 0 Å². The quantitative estimate of drug-likeness (QED) is 0.425. The molecule has 1 N–H and O–H groups in total. The number of nitrogens with one attached hydrogen (secondary N) is 1. The molecule has 7 nitrogen and oxygen atoms in total. The molecule has 1 aliphatic heterocycles. The number of carbonyl (C=O) groups is 2. The van der Waals surface area contributed by atoms with Gasteiger partial charge < -0.3 is 10.2 Å². The van der Waals surface area contributed by atoms with Crippen molar-refractivity contribution in [2.45, 2.75) is 18.4 Å². The summed E-state index contributed by atoms with van der Waals surface area (Å²) in [5.41, 5.74) is 4.30. The number of carbonyl (C=O) groups excluding carboxylic acids is 2. The number of nitrogens with zero attached hydrogens (tertiary/aromatic N) is 4. The summed E-state index contributed by atoms with van der Waals surface area (Å²) in [6.45, 7) is 0.225. The molecule has 1 saturated heterocycles. The monoisotopic (exact) mass is 479 g/mol. The van der Waals surface area contributed by atoms with Gasteiger partial charge in [-0.2, -0.15) is 14.0 Å². The Bertz CT molecular complexity index is 1400. The summed E-state index contributed by atoms with van der Waals surface area (Å²) >= 11 is 1.08. The Morgan fingerprint density at radius 1 is 1.00 bits per heavy atom. The summed E-state index contributed by atoms with van der Waals surface area (Å²) in [5, 5.41) is 12.2. The molecule has 0 unspecified atom stereocenters. The number of rotatable bonds is 5. The second kappa shape index (κ2) is 9.87. The van der Waals surface area contributed by atoms with Crippen molar-refractivity contribution in [3.63, 3.8) is 0 Å². The maximum absolute atomic E-state index is 14.0. The Morgan fingerprint density at radius 2 is 1.69 bits per heavy atom. The standard InChI is InChI=1S/C27H21N5O2S/c28-15-14-18-16-23(26(33)29-21-12-7-13-22-25(21)31-35-30-22)32(17-18)27(34)24(19-8-3-1-4-9-19)20-10-5-2-6-11-20/h1-14,23-24H,16-17H2,(H,29,33)/t23-/m0/s1. The summed E-state index contributed by atoms with van der Waals surface area (Å²) in [5.74, 6) is -1.07. The predicted molar refractivity (Wildman–Crippen MR) is 135 cm³/mol. The molecule has 1 atom stereocenters. The molecule has 5 rings (SSSR count). The normalized spacial score (nSPS) is 16.5. The van der Waals surface area contributed by atoms with Crippen molar-refractivity contribution in [2.75, 3.05) is 11.9 Å². The van der Waals surface area contributed by atoms with Gasteiger partial charge in [0.05, 0.1) is 29.4 Å². The number of allylic oxidation sites excluding steroid dienone is 1. The molecule has 0 saturated carbocycles. The lowest BCUT2D eigenvalue weighted by Gasteiger charge is -2.28. The van der Waals surface area contributed by atoms with E-state index in [1.807, 2.05) is 72.8 Å². The molecule has 1 aliphatic rings. The average Bonchev–Trinajstić information content (AvgIpc) is 3.54. The Hall–Kier alpha value is -4.35. The van der Waals surface area contributed by atoms with Gasteiger partial charge in [-0.1, -0.05) is 66.7 Å². The van der Waals surface area contributed by atoms with Gasteiger partial charge in [0.15, 0.2) is 0 Å². The first-order chi connectivity index (χ1) is 17.2. The van der Waals surface area contributed by atoms with Crippen molar-refractivity contribution >= 4 is 40.3 Å². The summed E-state index contributed by atoms with van der Waals surface area (Å²) in [6, 6.07) is 25.8. The molecular formula is C27H21N5O2S. The summed E-state index contributed by atoms with van der Waals surface area (Å²) in [4.78, 5) is 29.1. The number of nitriles is 1. The molecule has 3 aromatic carbocycles. The number of hydrogen-bond donors (Lipinski definition) is 1. The van der Waals surface area contributed by atoms with Crippen LogP contribution in [0.4, 0.5) is 5.69 Å². The van der Waals surface area contributed by atoms with Crippen molar-refractivity contribution < 1.29 is 9.59 Å². The van der Waals surface area contributed by atoms with Crippen molar-refractivity contribution in [2.24, 2.45) is 0 Å². The van der Waals surface area contributed by atoms with E-state index < -0.39 is 12.0 Å². The zero-order chi connectivity index (χ0) is 24.2. The van der Waals surface area contributed by atoms with Gasteiger partial charge in [0.2, 0.25) is 11.8 Å². The lowest BCUT2D eigenvalue weighted by Crippen LogP contribution is -2.45. The first-order valence-corrected chi connectivity index (χ1v) is 11.9. The van der Waals surface area contributed by atoms with Gasteiger partial charge >= 0.3 is 0 Å². The van der Waals surface area contributed by atoms with Crippen LogP contribution in [0.2, 0.25) is 0 Å². The molecule has 2 heterocycles. The lowest BCUT2D eigenvalue weighted by atomic mass is 9.90. The van der Waals surface area contributed by atoms with E-state index in [9.17, 15) is 14.9 Å². The molecule has 1 aromatic heterocycles. The van der Waals surface area contributed by atoms with E-state index in [-0.39, 0.29) is 18.4 Å². The van der Waals surface area contributed by atoms with Gasteiger partial charge in [-0.05, 0) is 28.8 Å². The Labute approximate surface area is 206 Å². The third kappa shape index (κ3) is 4.54. The molecule has 1 fully saturated rings. The SMILES string of the molecule is N#CC=C1C[C@@H](C(=O)Nc2cccc3nsnc23)N(C(=O)C(c2ccccc2)c2ccccc2)C1. The molecule has 4 aromatic rings. The number of aromatic nitrogens is 2. The molecule has 0 bridgehead atoms. The van der Waals surface area contributed by atoms with E-state index in [0.29, 0.717) is 23.1 Å². The fourth-order valence-electron chi connectivity index (χ4n) is 4.47. The average molecular weight is 480 g/mol. The number of likely N-dealkylation sites (tertiary alicyclic amines) is 1. The van der Waals surface area contributed by atoms with Crippen LogP contribution in [0.15, 0.2) is 90.5 Å². The van der Waals surface area contributed by atoms with Crippen molar-refractivity contribution in [3.05, 3.63) is 102 Å².